The van der Waals surface area contributed by atoms with Crippen molar-refractivity contribution in [3.63, 3.8) is 0 Å². The molecule has 2 heterocycles. The fourth-order valence-corrected chi connectivity index (χ4v) is 2.39. The molecule has 4 aromatic rings. The lowest BCUT2D eigenvalue weighted by molar-refractivity contribution is 0.959. The van der Waals surface area contributed by atoms with Crippen molar-refractivity contribution >= 4 is 33.3 Å². The lowest BCUT2D eigenvalue weighted by Gasteiger charge is -1.93. The molecule has 102 valence electrons. The molecule has 0 aliphatic heterocycles. The Balaban J connectivity index is 1.77. The molecule has 0 fully saturated rings. The molecule has 0 aliphatic carbocycles. The third kappa shape index (κ3) is 1.97. The maximum absolute atomic E-state index is 4.39. The van der Waals surface area contributed by atoms with E-state index in [4.69, 9.17) is 0 Å². The van der Waals surface area contributed by atoms with E-state index in [9.17, 15) is 0 Å². The summed E-state index contributed by atoms with van der Waals surface area (Å²) >= 11 is 0. The molecule has 6 nitrogen and oxygen atoms in total. The number of aromatic nitrogens is 4. The number of aryl methyl sites for hydroxylation is 1. The molecule has 0 unspecified atom stereocenters. The molecule has 0 radical (unpaired) electrons. The zero-order valence-electron chi connectivity index (χ0n) is 11.3. The van der Waals surface area contributed by atoms with Gasteiger partial charge in [0.1, 0.15) is 16.7 Å². The van der Waals surface area contributed by atoms with Crippen LogP contribution in [0.1, 0.15) is 5.69 Å². The normalized spacial score (nSPS) is 11.9. The molecule has 0 spiro atoms. The van der Waals surface area contributed by atoms with Gasteiger partial charge < -0.3 is 4.98 Å². The average molecular weight is 276 g/mol. The van der Waals surface area contributed by atoms with E-state index in [-0.39, 0.29) is 0 Å². The van der Waals surface area contributed by atoms with E-state index in [0.717, 1.165) is 39.0 Å². The Kier molecular flexibility index (Phi) is 2.53. The van der Waals surface area contributed by atoms with E-state index in [2.05, 4.69) is 30.6 Å². The van der Waals surface area contributed by atoms with Crippen LogP contribution >= 0.6 is 0 Å². The standard InChI is InChI=1S/C15H12N6/c1-9-15(11-4-2-3-5-12(11)16-9)20-17-10-6-7-13-14(8-10)19-21-18-13/h2-8,16H,1H3,(H,18,19,21). The maximum Gasteiger partial charge on any atom is 0.115 e. The molecule has 0 saturated carbocycles. The van der Waals surface area contributed by atoms with Crippen molar-refractivity contribution in [2.24, 2.45) is 10.2 Å². The molecule has 0 bridgehead atoms. The summed E-state index contributed by atoms with van der Waals surface area (Å²) in [6.45, 7) is 2.00. The summed E-state index contributed by atoms with van der Waals surface area (Å²) in [5.41, 5.74) is 5.28. The van der Waals surface area contributed by atoms with Crippen LogP contribution in [-0.2, 0) is 0 Å². The largest absolute Gasteiger partial charge is 0.357 e. The summed E-state index contributed by atoms with van der Waals surface area (Å²) in [6.07, 6.45) is 0. The lowest BCUT2D eigenvalue weighted by Crippen LogP contribution is -1.70. The molecule has 4 rings (SSSR count). The summed E-state index contributed by atoms with van der Waals surface area (Å²) in [6, 6.07) is 13.7. The van der Waals surface area contributed by atoms with E-state index >= 15 is 0 Å². The van der Waals surface area contributed by atoms with Gasteiger partial charge in [0, 0.05) is 16.6 Å². The van der Waals surface area contributed by atoms with Gasteiger partial charge >= 0.3 is 0 Å². The smallest absolute Gasteiger partial charge is 0.115 e. The number of nitrogens with one attached hydrogen (secondary N) is 2. The average Bonchev–Trinajstić information content (AvgIpc) is 3.08. The first-order valence-corrected chi connectivity index (χ1v) is 6.61. The second-order valence-electron chi connectivity index (χ2n) is 4.84. The summed E-state index contributed by atoms with van der Waals surface area (Å²) in [4.78, 5) is 3.31. The number of fused-ring (bicyclic) bond motifs is 2. The predicted octanol–water partition coefficient (Wildman–Crippen LogP) is 4.16. The Bertz CT molecular complexity index is 963. The van der Waals surface area contributed by atoms with E-state index in [1.807, 2.05) is 49.4 Å². The first kappa shape index (κ1) is 11.8. The number of rotatable bonds is 2. The van der Waals surface area contributed by atoms with Crippen LogP contribution in [0.3, 0.4) is 0 Å². The molecule has 2 aromatic carbocycles. The molecule has 0 atom stereocenters. The molecule has 0 saturated heterocycles. The molecule has 0 aliphatic rings. The van der Waals surface area contributed by atoms with Crippen LogP contribution < -0.4 is 0 Å². The van der Waals surface area contributed by atoms with Crippen molar-refractivity contribution in [2.75, 3.05) is 0 Å². The van der Waals surface area contributed by atoms with Crippen molar-refractivity contribution in [1.82, 2.24) is 20.4 Å². The Hall–Kier alpha value is -3.02. The third-order valence-electron chi connectivity index (χ3n) is 3.42. The molecule has 2 aromatic heterocycles. The van der Waals surface area contributed by atoms with Gasteiger partial charge in [0.05, 0.1) is 5.69 Å². The van der Waals surface area contributed by atoms with Gasteiger partial charge in [0.15, 0.2) is 0 Å². The fourth-order valence-electron chi connectivity index (χ4n) is 2.39. The minimum Gasteiger partial charge on any atom is -0.357 e. The summed E-state index contributed by atoms with van der Waals surface area (Å²) in [7, 11) is 0. The first-order valence-electron chi connectivity index (χ1n) is 6.61. The Morgan fingerprint density at radius 3 is 2.76 bits per heavy atom. The van der Waals surface area contributed by atoms with Gasteiger partial charge in [-0.15, -0.1) is 5.11 Å². The minimum atomic E-state index is 0.751. The van der Waals surface area contributed by atoms with Crippen LogP contribution in [0.15, 0.2) is 52.7 Å². The number of H-pyrrole nitrogens is 2. The van der Waals surface area contributed by atoms with Crippen LogP contribution in [0, 0.1) is 6.92 Å². The number of aromatic amines is 2. The monoisotopic (exact) mass is 276 g/mol. The molecule has 2 N–H and O–H groups in total. The summed E-state index contributed by atoms with van der Waals surface area (Å²) in [5.74, 6) is 0. The lowest BCUT2D eigenvalue weighted by atomic mass is 10.2. The van der Waals surface area contributed by atoms with Crippen LogP contribution in [0.5, 0.6) is 0 Å². The number of hydrogen-bond acceptors (Lipinski definition) is 4. The highest BCUT2D eigenvalue weighted by atomic mass is 15.3. The topological polar surface area (TPSA) is 82.1 Å². The Labute approximate surface area is 119 Å². The second-order valence-corrected chi connectivity index (χ2v) is 4.84. The number of para-hydroxylation sites is 1. The van der Waals surface area contributed by atoms with Crippen LogP contribution in [0.4, 0.5) is 11.4 Å². The van der Waals surface area contributed by atoms with Crippen molar-refractivity contribution < 1.29 is 0 Å². The Morgan fingerprint density at radius 2 is 1.81 bits per heavy atom. The second kappa shape index (κ2) is 4.52. The summed E-state index contributed by atoms with van der Waals surface area (Å²) in [5, 5.41) is 20.4. The van der Waals surface area contributed by atoms with E-state index in [0.29, 0.717) is 0 Å². The van der Waals surface area contributed by atoms with Crippen LogP contribution in [-0.4, -0.2) is 20.4 Å². The van der Waals surface area contributed by atoms with E-state index in [1.54, 1.807) is 0 Å². The van der Waals surface area contributed by atoms with Crippen LogP contribution in [0.25, 0.3) is 21.9 Å². The third-order valence-corrected chi connectivity index (χ3v) is 3.42. The van der Waals surface area contributed by atoms with Gasteiger partial charge in [-0.05, 0) is 31.2 Å². The highest BCUT2D eigenvalue weighted by molar-refractivity contribution is 5.92. The van der Waals surface area contributed by atoms with Gasteiger partial charge in [0.25, 0.3) is 0 Å². The number of nitrogens with zero attached hydrogens (tertiary/aromatic N) is 4. The van der Waals surface area contributed by atoms with Crippen molar-refractivity contribution in [1.29, 1.82) is 0 Å². The zero-order chi connectivity index (χ0) is 14.2. The SMILES string of the molecule is Cc1[nH]c2ccccc2c1N=Nc1ccc2n[nH]nc2c1. The number of hydrogen-bond donors (Lipinski definition) is 2. The number of azo groups is 1. The summed E-state index contributed by atoms with van der Waals surface area (Å²) < 4.78 is 0. The molecule has 21 heavy (non-hydrogen) atoms. The predicted molar refractivity (Wildman–Crippen MR) is 81.1 cm³/mol. The van der Waals surface area contributed by atoms with Gasteiger partial charge in [-0.3, -0.25) is 0 Å². The van der Waals surface area contributed by atoms with E-state index in [1.165, 1.54) is 0 Å². The minimum absolute atomic E-state index is 0.751. The molecule has 0 amide bonds. The highest BCUT2D eigenvalue weighted by Crippen LogP contribution is 2.31. The number of benzene rings is 2. The quantitative estimate of drug-likeness (QED) is 0.539. The van der Waals surface area contributed by atoms with Crippen molar-refractivity contribution in [3.05, 3.63) is 48.2 Å². The van der Waals surface area contributed by atoms with Crippen molar-refractivity contribution in [2.45, 2.75) is 6.92 Å². The highest BCUT2D eigenvalue weighted by Gasteiger charge is 2.07. The fraction of sp³-hybridized carbons (Fsp3) is 0.0667. The van der Waals surface area contributed by atoms with Gasteiger partial charge in [-0.1, -0.05) is 18.2 Å². The van der Waals surface area contributed by atoms with Gasteiger partial charge in [-0.2, -0.15) is 20.5 Å². The van der Waals surface area contributed by atoms with Crippen molar-refractivity contribution in [3.8, 4) is 0 Å². The zero-order valence-corrected chi connectivity index (χ0v) is 11.3. The maximum atomic E-state index is 4.39. The molecular weight excluding hydrogens is 264 g/mol. The Morgan fingerprint density at radius 1 is 0.952 bits per heavy atom. The van der Waals surface area contributed by atoms with Gasteiger partial charge in [0.2, 0.25) is 0 Å². The van der Waals surface area contributed by atoms with Gasteiger partial charge in [-0.25, -0.2) is 0 Å². The van der Waals surface area contributed by atoms with E-state index < -0.39 is 0 Å². The first-order chi connectivity index (χ1) is 10.3. The van der Waals surface area contributed by atoms with Crippen LogP contribution in [0.2, 0.25) is 0 Å². The molecule has 6 heteroatoms. The molecular formula is C15H12N6.